The van der Waals surface area contributed by atoms with E-state index in [-0.39, 0.29) is 24.5 Å². The lowest BCUT2D eigenvalue weighted by Gasteiger charge is -2.11. The summed E-state index contributed by atoms with van der Waals surface area (Å²) in [5.74, 6) is -1.43. The van der Waals surface area contributed by atoms with Crippen molar-refractivity contribution >= 4 is 39.3 Å². The van der Waals surface area contributed by atoms with Crippen molar-refractivity contribution in [3.8, 4) is 0 Å². The average Bonchev–Trinajstić information content (AvgIpc) is 2.78. The number of halogens is 1. The van der Waals surface area contributed by atoms with Gasteiger partial charge in [0.2, 0.25) is 0 Å². The second-order valence-corrected chi connectivity index (χ2v) is 4.57. The van der Waals surface area contributed by atoms with Crippen molar-refractivity contribution in [1.29, 1.82) is 0 Å². The van der Waals surface area contributed by atoms with E-state index in [1.165, 1.54) is 16.9 Å². The number of anilines is 1. The number of fused-ring (bicyclic) bond motifs is 1. The Morgan fingerprint density at radius 1 is 1.50 bits per heavy atom. The van der Waals surface area contributed by atoms with Gasteiger partial charge in [-0.3, -0.25) is 4.79 Å². The molecule has 0 radical (unpaired) electrons. The molecule has 2 aromatic rings. The SMILES string of the molecule is CCOC(=O)c1cnc2c(Br)cnn2c1NCC(=O)O. The zero-order valence-electron chi connectivity index (χ0n) is 10.5. The van der Waals surface area contributed by atoms with E-state index in [1.807, 2.05) is 0 Å². The molecule has 0 unspecified atom stereocenters. The molecule has 2 heterocycles. The van der Waals surface area contributed by atoms with E-state index in [1.54, 1.807) is 6.92 Å². The van der Waals surface area contributed by atoms with Gasteiger partial charge >= 0.3 is 11.9 Å². The predicted molar refractivity (Wildman–Crippen MR) is 72.8 cm³/mol. The molecule has 0 saturated heterocycles. The number of aromatic nitrogens is 3. The maximum absolute atomic E-state index is 11.9. The van der Waals surface area contributed by atoms with Gasteiger partial charge in [-0.2, -0.15) is 9.61 Å². The van der Waals surface area contributed by atoms with Crippen molar-refractivity contribution < 1.29 is 19.4 Å². The highest BCUT2D eigenvalue weighted by Crippen LogP contribution is 2.22. The summed E-state index contributed by atoms with van der Waals surface area (Å²) in [5, 5.41) is 15.4. The first-order valence-corrected chi connectivity index (χ1v) is 6.49. The van der Waals surface area contributed by atoms with Crippen LogP contribution in [0.3, 0.4) is 0 Å². The van der Waals surface area contributed by atoms with E-state index in [0.29, 0.717) is 10.1 Å². The van der Waals surface area contributed by atoms with Crippen LogP contribution in [-0.2, 0) is 9.53 Å². The number of hydrogen-bond donors (Lipinski definition) is 2. The third-order valence-corrected chi connectivity index (χ3v) is 2.95. The highest BCUT2D eigenvalue weighted by Gasteiger charge is 2.19. The van der Waals surface area contributed by atoms with Crippen LogP contribution in [0.25, 0.3) is 5.65 Å². The molecule has 2 rings (SSSR count). The second kappa shape index (κ2) is 5.87. The summed E-state index contributed by atoms with van der Waals surface area (Å²) in [6.45, 7) is 1.53. The predicted octanol–water partition coefficient (Wildman–Crippen LogP) is 1.16. The molecule has 0 spiro atoms. The lowest BCUT2D eigenvalue weighted by molar-refractivity contribution is -0.134. The molecule has 0 atom stereocenters. The number of rotatable bonds is 5. The summed E-state index contributed by atoms with van der Waals surface area (Å²) in [4.78, 5) is 26.6. The maximum atomic E-state index is 11.9. The molecule has 0 aromatic carbocycles. The zero-order valence-corrected chi connectivity index (χ0v) is 12.0. The van der Waals surface area contributed by atoms with E-state index in [2.05, 4.69) is 31.3 Å². The summed E-state index contributed by atoms with van der Waals surface area (Å²) in [6, 6.07) is 0. The van der Waals surface area contributed by atoms with Gasteiger partial charge in [-0.05, 0) is 22.9 Å². The summed E-state index contributed by atoms with van der Waals surface area (Å²) in [6.07, 6.45) is 2.83. The maximum Gasteiger partial charge on any atom is 0.343 e. The standard InChI is InChI=1S/C11H11BrN4O4/c1-2-20-11(19)6-3-13-10-7(12)4-15-16(10)9(6)14-5-8(17)18/h3-4,14H,2,5H2,1H3,(H,17,18). The van der Waals surface area contributed by atoms with Crippen LogP contribution in [0.1, 0.15) is 17.3 Å². The van der Waals surface area contributed by atoms with Crippen LogP contribution in [0.2, 0.25) is 0 Å². The molecule has 0 bridgehead atoms. The van der Waals surface area contributed by atoms with Crippen molar-refractivity contribution in [1.82, 2.24) is 14.6 Å². The highest BCUT2D eigenvalue weighted by atomic mass is 79.9. The Morgan fingerprint density at radius 2 is 2.25 bits per heavy atom. The Balaban J connectivity index is 2.52. The fourth-order valence-electron chi connectivity index (χ4n) is 1.59. The quantitative estimate of drug-likeness (QED) is 0.785. The molecule has 9 heteroatoms. The molecular weight excluding hydrogens is 332 g/mol. The third-order valence-electron chi connectivity index (χ3n) is 2.39. The number of nitrogens with one attached hydrogen (secondary N) is 1. The first-order valence-electron chi connectivity index (χ1n) is 5.69. The minimum atomic E-state index is -1.06. The molecule has 0 amide bonds. The monoisotopic (exact) mass is 342 g/mol. The van der Waals surface area contributed by atoms with E-state index in [0.717, 1.165) is 0 Å². The second-order valence-electron chi connectivity index (χ2n) is 3.72. The largest absolute Gasteiger partial charge is 0.480 e. The lowest BCUT2D eigenvalue weighted by atomic mass is 10.3. The van der Waals surface area contributed by atoms with Crippen LogP contribution in [0.5, 0.6) is 0 Å². The highest BCUT2D eigenvalue weighted by molar-refractivity contribution is 9.10. The number of carboxylic acids is 1. The molecular formula is C11H11BrN4O4. The number of aliphatic carboxylic acids is 1. The Bertz CT molecular complexity index is 670. The van der Waals surface area contributed by atoms with Gasteiger partial charge in [0.1, 0.15) is 17.9 Å². The normalized spacial score (nSPS) is 10.5. The summed E-state index contributed by atoms with van der Waals surface area (Å²) >= 11 is 3.27. The topological polar surface area (TPSA) is 106 Å². The van der Waals surface area contributed by atoms with Crippen LogP contribution in [0.4, 0.5) is 5.82 Å². The van der Waals surface area contributed by atoms with Gasteiger partial charge in [-0.1, -0.05) is 0 Å². The fraction of sp³-hybridized carbons (Fsp3) is 0.273. The molecule has 2 N–H and O–H groups in total. The molecule has 20 heavy (non-hydrogen) atoms. The molecule has 0 aliphatic rings. The van der Waals surface area contributed by atoms with Crippen molar-refractivity contribution in [2.75, 3.05) is 18.5 Å². The van der Waals surface area contributed by atoms with Crippen LogP contribution in [0.15, 0.2) is 16.9 Å². The summed E-state index contributed by atoms with van der Waals surface area (Å²) in [5.41, 5.74) is 0.585. The van der Waals surface area contributed by atoms with Crippen LogP contribution < -0.4 is 5.32 Å². The van der Waals surface area contributed by atoms with Gasteiger partial charge < -0.3 is 15.2 Å². The van der Waals surface area contributed by atoms with Gasteiger partial charge in [0, 0.05) is 6.20 Å². The van der Waals surface area contributed by atoms with Crippen LogP contribution >= 0.6 is 15.9 Å². The number of esters is 1. The number of carbonyl (C=O) groups is 2. The Labute approximate surface area is 121 Å². The molecule has 0 fully saturated rings. The molecule has 106 valence electrons. The molecule has 8 nitrogen and oxygen atoms in total. The zero-order chi connectivity index (χ0) is 14.7. The van der Waals surface area contributed by atoms with Crippen molar-refractivity contribution in [2.24, 2.45) is 0 Å². The van der Waals surface area contributed by atoms with Crippen molar-refractivity contribution in [2.45, 2.75) is 6.92 Å². The van der Waals surface area contributed by atoms with Crippen LogP contribution in [-0.4, -0.2) is 44.8 Å². The fourth-order valence-corrected chi connectivity index (χ4v) is 1.95. The van der Waals surface area contributed by atoms with E-state index >= 15 is 0 Å². The minimum Gasteiger partial charge on any atom is -0.480 e. The molecule has 0 aliphatic carbocycles. The Morgan fingerprint density at radius 3 is 2.90 bits per heavy atom. The molecule has 0 saturated carbocycles. The lowest BCUT2D eigenvalue weighted by Crippen LogP contribution is -2.19. The van der Waals surface area contributed by atoms with Crippen molar-refractivity contribution in [3.05, 3.63) is 22.4 Å². The number of carboxylic acid groups (broad SMARTS) is 1. The average molecular weight is 343 g/mol. The molecule has 2 aromatic heterocycles. The van der Waals surface area contributed by atoms with Gasteiger partial charge in [0.25, 0.3) is 0 Å². The van der Waals surface area contributed by atoms with E-state index in [4.69, 9.17) is 9.84 Å². The first kappa shape index (κ1) is 14.3. The number of ether oxygens (including phenoxy) is 1. The van der Waals surface area contributed by atoms with Gasteiger partial charge in [0.05, 0.1) is 17.3 Å². The number of hydrogen-bond acceptors (Lipinski definition) is 6. The van der Waals surface area contributed by atoms with Gasteiger partial charge in [0.15, 0.2) is 5.65 Å². The summed E-state index contributed by atoms with van der Waals surface area (Å²) in [7, 11) is 0. The van der Waals surface area contributed by atoms with Crippen molar-refractivity contribution in [3.63, 3.8) is 0 Å². The minimum absolute atomic E-state index is 0.121. The van der Waals surface area contributed by atoms with E-state index in [9.17, 15) is 9.59 Å². The number of nitrogens with zero attached hydrogens (tertiary/aromatic N) is 3. The molecule has 0 aliphatic heterocycles. The van der Waals surface area contributed by atoms with Crippen LogP contribution in [0, 0.1) is 0 Å². The van der Waals surface area contributed by atoms with E-state index < -0.39 is 11.9 Å². The van der Waals surface area contributed by atoms with Gasteiger partial charge in [-0.25, -0.2) is 9.78 Å². The Kier molecular flexibility index (Phi) is 4.18. The van der Waals surface area contributed by atoms with Gasteiger partial charge in [-0.15, -0.1) is 0 Å². The first-order chi connectivity index (χ1) is 9.54. The smallest absolute Gasteiger partial charge is 0.343 e. The Hall–Kier alpha value is -2.16. The third kappa shape index (κ3) is 2.72. The summed E-state index contributed by atoms with van der Waals surface area (Å²) < 4.78 is 6.89. The number of carbonyl (C=O) groups excluding carboxylic acids is 1.